The van der Waals surface area contributed by atoms with E-state index in [2.05, 4.69) is 36.1 Å². The summed E-state index contributed by atoms with van der Waals surface area (Å²) in [5, 5.41) is 0.779. The lowest BCUT2D eigenvalue weighted by molar-refractivity contribution is 0.0628. The van der Waals surface area contributed by atoms with Crippen molar-refractivity contribution < 1.29 is 9.53 Å². The van der Waals surface area contributed by atoms with E-state index in [-0.39, 0.29) is 5.91 Å². The summed E-state index contributed by atoms with van der Waals surface area (Å²) >= 11 is 6.23. The lowest BCUT2D eigenvalue weighted by Gasteiger charge is -2.35. The third kappa shape index (κ3) is 5.76. The fourth-order valence-electron chi connectivity index (χ4n) is 4.22. The second-order valence-electron chi connectivity index (χ2n) is 8.85. The number of hydrogen-bond donors (Lipinski definition) is 0. The average molecular weight is 463 g/mol. The lowest BCUT2D eigenvalue weighted by Crippen LogP contribution is -2.48. The average Bonchev–Trinajstić information content (AvgIpc) is 2.83. The zero-order valence-corrected chi connectivity index (χ0v) is 20.4. The summed E-state index contributed by atoms with van der Waals surface area (Å²) in [7, 11) is 0. The number of halogens is 1. The molecule has 3 aromatic rings. The molecule has 1 amide bonds. The molecule has 0 N–H and O–H groups in total. The van der Waals surface area contributed by atoms with Gasteiger partial charge in [-0.1, -0.05) is 48.0 Å². The molecule has 1 heterocycles. The largest absolute Gasteiger partial charge is 0.489 e. The van der Waals surface area contributed by atoms with E-state index in [4.69, 9.17) is 16.3 Å². The summed E-state index contributed by atoms with van der Waals surface area (Å²) < 4.78 is 5.93. The molecule has 33 heavy (non-hydrogen) atoms. The summed E-state index contributed by atoms with van der Waals surface area (Å²) in [4.78, 5) is 17.4. The highest BCUT2D eigenvalue weighted by atomic mass is 35.5. The molecule has 0 aromatic heterocycles. The van der Waals surface area contributed by atoms with Crippen LogP contribution in [0, 0.1) is 20.8 Å². The number of nitrogens with zero attached hydrogens (tertiary/aromatic N) is 2. The molecule has 0 atom stereocenters. The molecule has 1 saturated heterocycles. The number of hydrogen-bond acceptors (Lipinski definition) is 3. The van der Waals surface area contributed by atoms with Crippen molar-refractivity contribution in [2.24, 2.45) is 0 Å². The van der Waals surface area contributed by atoms with Crippen LogP contribution in [0.1, 0.15) is 38.2 Å². The van der Waals surface area contributed by atoms with E-state index in [0.717, 1.165) is 65.7 Å². The van der Waals surface area contributed by atoms with Gasteiger partial charge in [-0.2, -0.15) is 0 Å². The van der Waals surface area contributed by atoms with Crippen LogP contribution in [0.25, 0.3) is 0 Å². The van der Waals surface area contributed by atoms with E-state index < -0.39 is 0 Å². The van der Waals surface area contributed by atoms with Crippen LogP contribution < -0.4 is 4.74 Å². The Hall–Kier alpha value is -2.82. The normalized spacial score (nSPS) is 14.4. The molecule has 172 valence electrons. The van der Waals surface area contributed by atoms with Gasteiger partial charge in [0.05, 0.1) is 0 Å². The summed E-state index contributed by atoms with van der Waals surface area (Å²) in [6.07, 6.45) is 0. The highest BCUT2D eigenvalue weighted by Gasteiger charge is 2.22. The third-order valence-corrected chi connectivity index (χ3v) is 6.93. The van der Waals surface area contributed by atoms with Crippen LogP contribution in [0.3, 0.4) is 0 Å². The minimum atomic E-state index is 0.0990. The zero-order valence-electron chi connectivity index (χ0n) is 19.6. The predicted molar refractivity (Wildman–Crippen MR) is 134 cm³/mol. The first-order valence-electron chi connectivity index (χ1n) is 11.5. The molecule has 4 rings (SSSR count). The summed E-state index contributed by atoms with van der Waals surface area (Å²) in [6, 6.07) is 20.2. The standard InChI is InChI=1S/C28H31ClN2O2/c1-20-6-4-5-7-25(20)18-30-12-14-31(15-13-30)28(32)24-10-8-23(9-11-24)19-33-26-16-21(2)27(29)22(3)17-26/h4-11,16-17H,12-15,18-19H2,1-3H3. The predicted octanol–water partition coefficient (Wildman–Crippen LogP) is 5.80. The molecule has 0 bridgehead atoms. The van der Waals surface area contributed by atoms with E-state index in [0.29, 0.717) is 6.61 Å². The minimum absolute atomic E-state index is 0.0990. The van der Waals surface area contributed by atoms with Crippen LogP contribution in [0.5, 0.6) is 5.75 Å². The van der Waals surface area contributed by atoms with Crippen LogP contribution in [-0.4, -0.2) is 41.9 Å². The van der Waals surface area contributed by atoms with Crippen LogP contribution >= 0.6 is 11.6 Å². The number of rotatable bonds is 6. The van der Waals surface area contributed by atoms with Gasteiger partial charge in [-0.25, -0.2) is 0 Å². The summed E-state index contributed by atoms with van der Waals surface area (Å²) in [6.45, 7) is 10.8. The maximum absolute atomic E-state index is 13.0. The number of ether oxygens (including phenoxy) is 1. The number of carbonyl (C=O) groups excluding carboxylic acids is 1. The Morgan fingerprint density at radius 2 is 1.52 bits per heavy atom. The summed E-state index contributed by atoms with van der Waals surface area (Å²) in [5.74, 6) is 0.903. The monoisotopic (exact) mass is 462 g/mol. The van der Waals surface area contributed by atoms with Gasteiger partial charge in [-0.3, -0.25) is 9.69 Å². The van der Waals surface area contributed by atoms with Crippen molar-refractivity contribution in [3.05, 3.63) is 99.1 Å². The van der Waals surface area contributed by atoms with Gasteiger partial charge in [0.15, 0.2) is 0 Å². The van der Waals surface area contributed by atoms with Crippen molar-refractivity contribution in [3.63, 3.8) is 0 Å². The zero-order chi connectivity index (χ0) is 23.4. The molecule has 1 aliphatic rings. The Morgan fingerprint density at radius 3 is 2.15 bits per heavy atom. The maximum atomic E-state index is 13.0. The Kier molecular flexibility index (Phi) is 7.36. The smallest absolute Gasteiger partial charge is 0.253 e. The molecule has 3 aromatic carbocycles. The molecule has 4 nitrogen and oxygen atoms in total. The number of benzene rings is 3. The first-order valence-corrected chi connectivity index (χ1v) is 11.8. The number of carbonyl (C=O) groups is 1. The Labute approximate surface area is 201 Å². The highest BCUT2D eigenvalue weighted by Crippen LogP contribution is 2.26. The maximum Gasteiger partial charge on any atom is 0.253 e. The van der Waals surface area contributed by atoms with Gasteiger partial charge in [0, 0.05) is 43.3 Å². The fraction of sp³-hybridized carbons (Fsp3) is 0.321. The number of piperazine rings is 1. The minimum Gasteiger partial charge on any atom is -0.489 e. The van der Waals surface area contributed by atoms with Crippen molar-refractivity contribution in [2.45, 2.75) is 33.9 Å². The molecule has 0 saturated carbocycles. The van der Waals surface area contributed by atoms with Gasteiger partial charge in [-0.15, -0.1) is 0 Å². The van der Waals surface area contributed by atoms with Gasteiger partial charge in [-0.05, 0) is 72.9 Å². The number of aryl methyl sites for hydroxylation is 3. The van der Waals surface area contributed by atoms with Crippen molar-refractivity contribution >= 4 is 17.5 Å². The topological polar surface area (TPSA) is 32.8 Å². The second kappa shape index (κ2) is 10.4. The third-order valence-electron chi connectivity index (χ3n) is 6.33. The SMILES string of the molecule is Cc1ccccc1CN1CCN(C(=O)c2ccc(COc3cc(C)c(Cl)c(C)c3)cc2)CC1. The second-order valence-corrected chi connectivity index (χ2v) is 9.23. The summed E-state index contributed by atoms with van der Waals surface area (Å²) in [5.41, 5.74) is 6.45. The van der Waals surface area contributed by atoms with E-state index >= 15 is 0 Å². The Bertz CT molecular complexity index is 1100. The van der Waals surface area contributed by atoms with E-state index in [1.54, 1.807) is 0 Å². The van der Waals surface area contributed by atoms with Gasteiger partial charge in [0.1, 0.15) is 12.4 Å². The Balaban J connectivity index is 1.29. The fourth-order valence-corrected chi connectivity index (χ4v) is 4.33. The van der Waals surface area contributed by atoms with Gasteiger partial charge in [0.2, 0.25) is 0 Å². The van der Waals surface area contributed by atoms with Crippen molar-refractivity contribution in [2.75, 3.05) is 26.2 Å². The first kappa shape index (κ1) is 23.3. The van der Waals surface area contributed by atoms with Crippen molar-refractivity contribution in [3.8, 4) is 5.75 Å². The molecular weight excluding hydrogens is 432 g/mol. The highest BCUT2D eigenvalue weighted by molar-refractivity contribution is 6.32. The van der Waals surface area contributed by atoms with Gasteiger partial charge >= 0.3 is 0 Å². The van der Waals surface area contributed by atoms with Crippen LogP contribution in [0.2, 0.25) is 5.02 Å². The number of amides is 1. The van der Waals surface area contributed by atoms with Gasteiger partial charge in [0.25, 0.3) is 5.91 Å². The quantitative estimate of drug-likeness (QED) is 0.464. The molecule has 0 unspecified atom stereocenters. The molecule has 1 fully saturated rings. The molecular formula is C28H31ClN2O2. The molecule has 5 heteroatoms. The van der Waals surface area contributed by atoms with Crippen LogP contribution in [0.4, 0.5) is 0 Å². The van der Waals surface area contributed by atoms with Crippen LogP contribution in [-0.2, 0) is 13.2 Å². The molecule has 0 aliphatic carbocycles. The van der Waals surface area contributed by atoms with E-state index in [1.165, 1.54) is 11.1 Å². The van der Waals surface area contributed by atoms with Crippen molar-refractivity contribution in [1.29, 1.82) is 0 Å². The van der Waals surface area contributed by atoms with Crippen molar-refractivity contribution in [1.82, 2.24) is 9.80 Å². The van der Waals surface area contributed by atoms with Crippen LogP contribution in [0.15, 0.2) is 60.7 Å². The lowest BCUT2D eigenvalue weighted by atomic mass is 10.1. The van der Waals surface area contributed by atoms with E-state index in [9.17, 15) is 4.79 Å². The Morgan fingerprint density at radius 1 is 0.879 bits per heavy atom. The molecule has 0 spiro atoms. The van der Waals surface area contributed by atoms with E-state index in [1.807, 2.05) is 55.1 Å². The molecule has 1 aliphatic heterocycles. The molecule has 0 radical (unpaired) electrons. The first-order chi connectivity index (χ1) is 15.9. The van der Waals surface area contributed by atoms with Gasteiger partial charge < -0.3 is 9.64 Å².